The average Bonchev–Trinajstić information content (AvgIpc) is 2.69. The largest absolute Gasteiger partial charge is 0.340 e. The fourth-order valence-corrected chi connectivity index (χ4v) is 2.86. The maximum atomic E-state index is 11.1. The first-order valence-electron chi connectivity index (χ1n) is 8.14. The van der Waals surface area contributed by atoms with E-state index >= 15 is 0 Å². The number of nitrogens with zero attached hydrogens (tertiary/aromatic N) is 3. The van der Waals surface area contributed by atoms with Crippen LogP contribution in [0.2, 0.25) is 5.02 Å². The highest BCUT2D eigenvalue weighted by molar-refractivity contribution is 6.30. The van der Waals surface area contributed by atoms with Gasteiger partial charge in [0.15, 0.2) is 5.82 Å². The van der Waals surface area contributed by atoms with Crippen molar-refractivity contribution in [2.75, 3.05) is 5.32 Å². The van der Waals surface area contributed by atoms with Crippen LogP contribution < -0.4 is 5.32 Å². The second-order valence-corrected chi connectivity index (χ2v) is 6.29. The van der Waals surface area contributed by atoms with Crippen molar-refractivity contribution in [1.82, 2.24) is 9.97 Å². The van der Waals surface area contributed by atoms with Gasteiger partial charge in [-0.1, -0.05) is 35.9 Å². The number of hydrogen-bond acceptors (Lipinski definition) is 5. The van der Waals surface area contributed by atoms with Crippen LogP contribution in [-0.4, -0.2) is 14.9 Å². The van der Waals surface area contributed by atoms with Gasteiger partial charge >= 0.3 is 0 Å². The molecule has 0 amide bonds. The molecule has 1 heterocycles. The van der Waals surface area contributed by atoms with Crippen molar-refractivity contribution < 1.29 is 4.92 Å². The molecule has 4 aromatic rings. The first kappa shape index (κ1) is 16.9. The third-order valence-corrected chi connectivity index (χ3v) is 4.28. The number of fused-ring (bicyclic) bond motifs is 1. The molecule has 0 aliphatic heterocycles. The second-order valence-electron chi connectivity index (χ2n) is 5.85. The highest BCUT2D eigenvalue weighted by Gasteiger charge is 2.13. The quantitative estimate of drug-likeness (QED) is 0.370. The lowest BCUT2D eigenvalue weighted by molar-refractivity contribution is -0.384. The molecule has 0 spiro atoms. The number of halogens is 1. The van der Waals surface area contributed by atoms with Gasteiger partial charge < -0.3 is 5.32 Å². The lowest BCUT2D eigenvalue weighted by Crippen LogP contribution is -1.99. The van der Waals surface area contributed by atoms with E-state index in [4.69, 9.17) is 11.6 Å². The Bertz CT molecular complexity index is 1150. The molecule has 0 unspecified atom stereocenters. The molecule has 27 heavy (non-hydrogen) atoms. The molecule has 1 N–H and O–H groups in total. The number of anilines is 2. The Morgan fingerprint density at radius 1 is 0.926 bits per heavy atom. The molecule has 0 saturated heterocycles. The maximum absolute atomic E-state index is 11.1. The molecule has 0 bridgehead atoms. The number of nitro benzene ring substituents is 1. The molecule has 1 aromatic heterocycles. The van der Waals surface area contributed by atoms with Crippen LogP contribution in [0.4, 0.5) is 17.2 Å². The van der Waals surface area contributed by atoms with Gasteiger partial charge in [0, 0.05) is 33.8 Å². The minimum absolute atomic E-state index is 0.00327. The van der Waals surface area contributed by atoms with Crippen molar-refractivity contribution in [3.8, 4) is 11.4 Å². The summed E-state index contributed by atoms with van der Waals surface area (Å²) in [5.74, 6) is 1.03. The number of non-ortho nitro benzene ring substituents is 1. The Balaban J connectivity index is 1.84. The number of aromatic nitrogens is 2. The Hall–Kier alpha value is -3.51. The third kappa shape index (κ3) is 3.56. The molecule has 0 radical (unpaired) electrons. The molecule has 6 nitrogen and oxygen atoms in total. The van der Waals surface area contributed by atoms with Crippen LogP contribution in [0.1, 0.15) is 0 Å². The fraction of sp³-hybridized carbons (Fsp3) is 0. The van der Waals surface area contributed by atoms with E-state index < -0.39 is 4.92 Å². The molecule has 0 atom stereocenters. The number of hydrogen-bond donors (Lipinski definition) is 1. The molecule has 7 heteroatoms. The number of rotatable bonds is 4. The van der Waals surface area contributed by atoms with Gasteiger partial charge in [-0.25, -0.2) is 9.97 Å². The Kier molecular flexibility index (Phi) is 4.40. The van der Waals surface area contributed by atoms with E-state index in [-0.39, 0.29) is 5.69 Å². The molecule has 0 saturated carbocycles. The van der Waals surface area contributed by atoms with E-state index in [0.29, 0.717) is 22.2 Å². The first-order valence-corrected chi connectivity index (χ1v) is 8.52. The van der Waals surface area contributed by atoms with Gasteiger partial charge in [-0.05, 0) is 36.4 Å². The van der Waals surface area contributed by atoms with Crippen molar-refractivity contribution in [2.45, 2.75) is 0 Å². The van der Waals surface area contributed by atoms with Gasteiger partial charge in [-0.2, -0.15) is 0 Å². The van der Waals surface area contributed by atoms with E-state index in [1.807, 2.05) is 36.4 Å². The smallest absolute Gasteiger partial charge is 0.270 e. The normalized spacial score (nSPS) is 10.7. The standard InChI is InChI=1S/C20H13ClN4O2/c21-14-8-10-15(11-9-14)22-20-17-6-1-2-7-18(17)23-19(24-20)13-4-3-5-16(12-13)25(26)27/h1-12H,(H,22,23,24). The lowest BCUT2D eigenvalue weighted by atomic mass is 10.1. The monoisotopic (exact) mass is 376 g/mol. The predicted octanol–water partition coefficient (Wildman–Crippen LogP) is 5.60. The van der Waals surface area contributed by atoms with E-state index in [9.17, 15) is 10.1 Å². The molecule has 0 fully saturated rings. The summed E-state index contributed by atoms with van der Waals surface area (Å²) in [6.45, 7) is 0. The van der Waals surface area contributed by atoms with Gasteiger partial charge in [-0.3, -0.25) is 10.1 Å². The summed E-state index contributed by atoms with van der Waals surface area (Å²) in [5, 5.41) is 15.8. The van der Waals surface area contributed by atoms with Gasteiger partial charge in [0.05, 0.1) is 10.4 Å². The zero-order valence-electron chi connectivity index (χ0n) is 14.0. The number of nitro groups is 1. The zero-order chi connectivity index (χ0) is 18.8. The highest BCUT2D eigenvalue weighted by atomic mass is 35.5. The third-order valence-electron chi connectivity index (χ3n) is 4.03. The summed E-state index contributed by atoms with van der Waals surface area (Å²) < 4.78 is 0. The van der Waals surface area contributed by atoms with Crippen LogP contribution in [0.5, 0.6) is 0 Å². The summed E-state index contributed by atoms with van der Waals surface area (Å²) >= 11 is 5.95. The number of nitrogens with one attached hydrogen (secondary N) is 1. The fourth-order valence-electron chi connectivity index (χ4n) is 2.73. The molecule has 4 rings (SSSR count). The van der Waals surface area contributed by atoms with Crippen molar-refractivity contribution in [3.05, 3.63) is 87.9 Å². The van der Waals surface area contributed by atoms with Crippen LogP contribution in [0.3, 0.4) is 0 Å². The minimum atomic E-state index is -0.433. The van der Waals surface area contributed by atoms with Gasteiger partial charge in [0.1, 0.15) is 5.82 Å². The molecular formula is C20H13ClN4O2. The Morgan fingerprint density at radius 3 is 2.48 bits per heavy atom. The second kappa shape index (κ2) is 7.01. The van der Waals surface area contributed by atoms with Crippen molar-refractivity contribution in [2.24, 2.45) is 0 Å². The summed E-state index contributed by atoms with van der Waals surface area (Å²) in [6, 6.07) is 21.2. The first-order chi connectivity index (χ1) is 13.1. The predicted molar refractivity (Wildman–Crippen MR) is 106 cm³/mol. The van der Waals surface area contributed by atoms with Crippen LogP contribution in [0.25, 0.3) is 22.3 Å². The summed E-state index contributed by atoms with van der Waals surface area (Å²) in [6.07, 6.45) is 0. The van der Waals surface area contributed by atoms with Crippen molar-refractivity contribution in [1.29, 1.82) is 0 Å². The molecular weight excluding hydrogens is 364 g/mol. The number of benzene rings is 3. The molecule has 3 aromatic carbocycles. The van der Waals surface area contributed by atoms with E-state index in [1.165, 1.54) is 12.1 Å². The Morgan fingerprint density at radius 2 is 1.70 bits per heavy atom. The van der Waals surface area contributed by atoms with E-state index in [2.05, 4.69) is 15.3 Å². The van der Waals surface area contributed by atoms with Crippen LogP contribution >= 0.6 is 11.6 Å². The maximum Gasteiger partial charge on any atom is 0.270 e. The van der Waals surface area contributed by atoms with Gasteiger partial charge in [-0.15, -0.1) is 0 Å². The van der Waals surface area contributed by atoms with Crippen LogP contribution in [0, 0.1) is 10.1 Å². The number of para-hydroxylation sites is 1. The van der Waals surface area contributed by atoms with E-state index in [0.717, 1.165) is 16.6 Å². The zero-order valence-corrected chi connectivity index (χ0v) is 14.7. The van der Waals surface area contributed by atoms with Gasteiger partial charge in [0.2, 0.25) is 0 Å². The van der Waals surface area contributed by atoms with Crippen molar-refractivity contribution in [3.63, 3.8) is 0 Å². The topological polar surface area (TPSA) is 81.0 Å². The minimum Gasteiger partial charge on any atom is -0.340 e. The van der Waals surface area contributed by atoms with E-state index in [1.54, 1.807) is 24.3 Å². The lowest BCUT2D eigenvalue weighted by Gasteiger charge is -2.11. The molecule has 0 aliphatic carbocycles. The highest BCUT2D eigenvalue weighted by Crippen LogP contribution is 2.29. The van der Waals surface area contributed by atoms with Crippen LogP contribution in [-0.2, 0) is 0 Å². The summed E-state index contributed by atoms with van der Waals surface area (Å²) in [5.41, 5.74) is 2.14. The molecule has 0 aliphatic rings. The Labute approximate surface area is 159 Å². The summed E-state index contributed by atoms with van der Waals surface area (Å²) in [7, 11) is 0. The average molecular weight is 377 g/mol. The van der Waals surface area contributed by atoms with Crippen LogP contribution in [0.15, 0.2) is 72.8 Å². The summed E-state index contributed by atoms with van der Waals surface area (Å²) in [4.78, 5) is 19.8. The molecule has 132 valence electrons. The van der Waals surface area contributed by atoms with Crippen molar-refractivity contribution >= 4 is 39.7 Å². The SMILES string of the molecule is O=[N+]([O-])c1cccc(-c2nc(Nc3ccc(Cl)cc3)c3ccccc3n2)c1. The van der Waals surface area contributed by atoms with Gasteiger partial charge in [0.25, 0.3) is 5.69 Å².